The maximum atomic E-state index is 12.5. The molecular formula is C18H25N3O3. The summed E-state index contributed by atoms with van der Waals surface area (Å²) >= 11 is 0. The average Bonchev–Trinajstić information content (AvgIpc) is 3.19. The van der Waals surface area contributed by atoms with E-state index in [1.54, 1.807) is 0 Å². The number of carbonyl (C=O) groups excluding carboxylic acids is 1. The SMILES string of the molecule is CC[C@@H](OC1CCCC1)C(=O)N[C@H](C)c1ccc2[nH]c(=O)[nH]c2c1. The Morgan fingerprint density at radius 3 is 2.71 bits per heavy atom. The number of ether oxygens (including phenoxy) is 1. The van der Waals surface area contributed by atoms with E-state index in [4.69, 9.17) is 4.74 Å². The van der Waals surface area contributed by atoms with E-state index in [0.29, 0.717) is 6.42 Å². The van der Waals surface area contributed by atoms with Crippen LogP contribution in [0.25, 0.3) is 11.0 Å². The highest BCUT2D eigenvalue weighted by Crippen LogP contribution is 2.23. The highest BCUT2D eigenvalue weighted by atomic mass is 16.5. The van der Waals surface area contributed by atoms with Crippen molar-refractivity contribution < 1.29 is 9.53 Å². The number of hydrogen-bond acceptors (Lipinski definition) is 3. The van der Waals surface area contributed by atoms with Crippen LogP contribution >= 0.6 is 0 Å². The molecule has 0 saturated heterocycles. The van der Waals surface area contributed by atoms with Crippen molar-refractivity contribution in [2.75, 3.05) is 0 Å². The summed E-state index contributed by atoms with van der Waals surface area (Å²) in [5.74, 6) is -0.0699. The van der Waals surface area contributed by atoms with Crippen LogP contribution in [-0.4, -0.2) is 28.1 Å². The summed E-state index contributed by atoms with van der Waals surface area (Å²) in [4.78, 5) is 29.3. The Hall–Kier alpha value is -2.08. The standard InChI is InChI=1S/C18H25N3O3/c1-3-16(24-13-6-4-5-7-13)17(22)19-11(2)12-8-9-14-15(10-12)21-18(23)20-14/h8-11,13,16H,3-7H2,1-2H3,(H,19,22)(H2,20,21,23)/t11-,16-/m1/s1. The van der Waals surface area contributed by atoms with Gasteiger partial charge in [-0.2, -0.15) is 0 Å². The van der Waals surface area contributed by atoms with Crippen LogP contribution in [0.1, 0.15) is 57.6 Å². The van der Waals surface area contributed by atoms with Gasteiger partial charge in [-0.25, -0.2) is 4.79 Å². The van der Waals surface area contributed by atoms with Gasteiger partial charge < -0.3 is 20.0 Å². The number of carbonyl (C=O) groups is 1. The summed E-state index contributed by atoms with van der Waals surface area (Å²) in [7, 11) is 0. The molecule has 130 valence electrons. The number of nitrogens with one attached hydrogen (secondary N) is 3. The van der Waals surface area contributed by atoms with Gasteiger partial charge in [0.1, 0.15) is 6.10 Å². The van der Waals surface area contributed by atoms with E-state index in [9.17, 15) is 9.59 Å². The zero-order valence-corrected chi connectivity index (χ0v) is 14.2. The summed E-state index contributed by atoms with van der Waals surface area (Å²) in [6.07, 6.45) is 4.97. The second kappa shape index (κ2) is 7.21. The summed E-state index contributed by atoms with van der Waals surface area (Å²) in [5.41, 5.74) is 2.22. The number of benzene rings is 1. The van der Waals surface area contributed by atoms with Gasteiger partial charge >= 0.3 is 5.69 Å². The molecule has 3 rings (SSSR count). The van der Waals surface area contributed by atoms with Gasteiger partial charge in [-0.15, -0.1) is 0 Å². The minimum absolute atomic E-state index is 0.0699. The summed E-state index contributed by atoms with van der Waals surface area (Å²) in [5, 5.41) is 3.03. The quantitative estimate of drug-likeness (QED) is 0.760. The number of aromatic amines is 2. The minimum atomic E-state index is -0.397. The lowest BCUT2D eigenvalue weighted by Crippen LogP contribution is -2.39. The molecule has 0 bridgehead atoms. The fourth-order valence-corrected chi connectivity index (χ4v) is 3.31. The molecule has 2 aromatic rings. The van der Waals surface area contributed by atoms with Crippen LogP contribution in [0.2, 0.25) is 0 Å². The lowest BCUT2D eigenvalue weighted by molar-refractivity contribution is -0.137. The Morgan fingerprint density at radius 2 is 2.00 bits per heavy atom. The lowest BCUT2D eigenvalue weighted by Gasteiger charge is -2.23. The van der Waals surface area contributed by atoms with Crippen molar-refractivity contribution in [3.05, 3.63) is 34.2 Å². The van der Waals surface area contributed by atoms with Gasteiger partial charge in [-0.05, 0) is 43.9 Å². The molecule has 1 heterocycles. The number of hydrogen-bond donors (Lipinski definition) is 3. The first-order valence-electron chi connectivity index (χ1n) is 8.74. The van der Waals surface area contributed by atoms with Crippen LogP contribution in [0.3, 0.4) is 0 Å². The van der Waals surface area contributed by atoms with Crippen molar-refractivity contribution >= 4 is 16.9 Å². The molecule has 1 aromatic carbocycles. The summed E-state index contributed by atoms with van der Waals surface area (Å²) in [6, 6.07) is 5.49. The highest BCUT2D eigenvalue weighted by Gasteiger charge is 2.25. The third-order valence-corrected chi connectivity index (χ3v) is 4.72. The maximum absolute atomic E-state index is 12.5. The van der Waals surface area contributed by atoms with Crippen molar-refractivity contribution in [1.82, 2.24) is 15.3 Å². The molecule has 0 unspecified atom stereocenters. The highest BCUT2D eigenvalue weighted by molar-refractivity contribution is 5.81. The monoisotopic (exact) mass is 331 g/mol. The molecule has 1 aliphatic rings. The molecule has 0 aliphatic heterocycles. The van der Waals surface area contributed by atoms with Gasteiger partial charge in [-0.1, -0.05) is 25.8 Å². The van der Waals surface area contributed by atoms with E-state index in [1.807, 2.05) is 32.0 Å². The topological polar surface area (TPSA) is 87.0 Å². The first-order valence-corrected chi connectivity index (χ1v) is 8.74. The third kappa shape index (κ3) is 3.70. The molecule has 1 aromatic heterocycles. The van der Waals surface area contributed by atoms with Crippen molar-refractivity contribution in [2.24, 2.45) is 0 Å². The van der Waals surface area contributed by atoms with Crippen molar-refractivity contribution in [2.45, 2.75) is 64.2 Å². The Bertz CT molecular complexity index is 758. The van der Waals surface area contributed by atoms with Crippen molar-refractivity contribution in [3.63, 3.8) is 0 Å². The van der Waals surface area contributed by atoms with E-state index in [0.717, 1.165) is 29.4 Å². The Balaban J connectivity index is 1.65. The van der Waals surface area contributed by atoms with Crippen LogP contribution in [0.15, 0.2) is 23.0 Å². The number of H-pyrrole nitrogens is 2. The molecule has 1 saturated carbocycles. The predicted octanol–water partition coefficient (Wildman–Crippen LogP) is 2.77. The summed E-state index contributed by atoms with van der Waals surface area (Å²) in [6.45, 7) is 3.91. The van der Waals surface area contributed by atoms with Crippen LogP contribution in [0.5, 0.6) is 0 Å². The number of fused-ring (bicyclic) bond motifs is 1. The van der Waals surface area contributed by atoms with E-state index in [1.165, 1.54) is 12.8 Å². The first-order chi connectivity index (χ1) is 11.6. The number of rotatable bonds is 6. The Kier molecular flexibility index (Phi) is 5.04. The Labute approximate surface area is 141 Å². The molecule has 6 nitrogen and oxygen atoms in total. The molecule has 0 radical (unpaired) electrons. The molecule has 24 heavy (non-hydrogen) atoms. The van der Waals surface area contributed by atoms with E-state index >= 15 is 0 Å². The van der Waals surface area contributed by atoms with Crippen LogP contribution < -0.4 is 11.0 Å². The number of aromatic nitrogens is 2. The molecule has 6 heteroatoms. The van der Waals surface area contributed by atoms with Gasteiger partial charge in [-0.3, -0.25) is 4.79 Å². The second-order valence-corrected chi connectivity index (χ2v) is 6.55. The predicted molar refractivity (Wildman–Crippen MR) is 92.9 cm³/mol. The number of amides is 1. The summed E-state index contributed by atoms with van der Waals surface area (Å²) < 4.78 is 5.97. The zero-order valence-electron chi connectivity index (χ0n) is 14.2. The lowest BCUT2D eigenvalue weighted by atomic mass is 10.1. The second-order valence-electron chi connectivity index (χ2n) is 6.55. The van der Waals surface area contributed by atoms with Crippen LogP contribution in [0, 0.1) is 0 Å². The molecule has 1 amide bonds. The van der Waals surface area contributed by atoms with Gasteiger partial charge in [0.25, 0.3) is 0 Å². The molecule has 2 atom stereocenters. The van der Waals surface area contributed by atoms with Gasteiger partial charge in [0.2, 0.25) is 5.91 Å². The van der Waals surface area contributed by atoms with E-state index in [-0.39, 0.29) is 23.7 Å². The van der Waals surface area contributed by atoms with E-state index < -0.39 is 6.10 Å². The molecule has 1 fully saturated rings. The largest absolute Gasteiger partial charge is 0.365 e. The van der Waals surface area contributed by atoms with Crippen molar-refractivity contribution in [1.29, 1.82) is 0 Å². The molecular weight excluding hydrogens is 306 g/mol. The van der Waals surface area contributed by atoms with Crippen LogP contribution in [0.4, 0.5) is 0 Å². The Morgan fingerprint density at radius 1 is 1.29 bits per heavy atom. The fourth-order valence-electron chi connectivity index (χ4n) is 3.31. The van der Waals surface area contributed by atoms with Gasteiger partial charge in [0.05, 0.1) is 23.2 Å². The van der Waals surface area contributed by atoms with Gasteiger partial charge in [0, 0.05) is 0 Å². The average molecular weight is 331 g/mol. The first kappa shape index (κ1) is 16.8. The minimum Gasteiger partial charge on any atom is -0.365 e. The normalized spacial score (nSPS) is 17.9. The molecule has 0 spiro atoms. The molecule has 3 N–H and O–H groups in total. The van der Waals surface area contributed by atoms with Crippen LogP contribution in [-0.2, 0) is 9.53 Å². The smallest absolute Gasteiger partial charge is 0.323 e. The molecule has 1 aliphatic carbocycles. The fraction of sp³-hybridized carbons (Fsp3) is 0.556. The number of imidazole rings is 1. The van der Waals surface area contributed by atoms with Gasteiger partial charge in [0.15, 0.2) is 0 Å². The van der Waals surface area contributed by atoms with E-state index in [2.05, 4.69) is 15.3 Å². The zero-order chi connectivity index (χ0) is 17.1. The maximum Gasteiger partial charge on any atom is 0.323 e. The van der Waals surface area contributed by atoms with Crippen molar-refractivity contribution in [3.8, 4) is 0 Å². The third-order valence-electron chi connectivity index (χ3n) is 4.72.